The molecule has 0 N–H and O–H groups in total. The number of pyridine rings is 1. The summed E-state index contributed by atoms with van der Waals surface area (Å²) in [6, 6.07) is 5.03. The molecule has 0 aromatic carbocycles. The number of fused-ring (bicyclic) bond motifs is 1. The molecule has 128 valence electrons. The molecule has 4 rings (SSSR count). The van der Waals surface area contributed by atoms with Crippen LogP contribution in [0.2, 0.25) is 0 Å². The van der Waals surface area contributed by atoms with Crippen molar-refractivity contribution < 1.29 is 0 Å². The summed E-state index contributed by atoms with van der Waals surface area (Å²) in [5.74, 6) is 0. The van der Waals surface area contributed by atoms with Gasteiger partial charge in [0, 0.05) is 63.6 Å². The molecule has 1 saturated heterocycles. The van der Waals surface area contributed by atoms with Crippen LogP contribution < -0.4 is 0 Å². The molecule has 5 nitrogen and oxygen atoms in total. The molecule has 24 heavy (non-hydrogen) atoms. The van der Waals surface area contributed by atoms with E-state index >= 15 is 0 Å². The first-order valence-corrected chi connectivity index (χ1v) is 9.62. The summed E-state index contributed by atoms with van der Waals surface area (Å²) in [5.41, 5.74) is 2.76. The van der Waals surface area contributed by atoms with Crippen LogP contribution in [-0.2, 0) is 6.54 Å². The van der Waals surface area contributed by atoms with Gasteiger partial charge in [-0.15, -0.1) is 0 Å². The molecule has 1 fully saturated rings. The molecule has 1 unspecified atom stereocenters. The van der Waals surface area contributed by atoms with E-state index in [0.717, 1.165) is 25.3 Å². The Kier molecular flexibility index (Phi) is 4.52. The minimum Gasteiger partial charge on any atom is -0.348 e. The van der Waals surface area contributed by atoms with Gasteiger partial charge in [-0.25, -0.2) is 4.98 Å². The monoisotopic (exact) mass is 343 g/mol. The van der Waals surface area contributed by atoms with Crippen LogP contribution in [0.15, 0.2) is 42.3 Å². The maximum atomic E-state index is 4.39. The molecule has 1 atom stereocenters. The third-order valence-corrected chi connectivity index (χ3v) is 6.05. The number of piperazine rings is 1. The Morgan fingerprint density at radius 3 is 2.83 bits per heavy atom. The van der Waals surface area contributed by atoms with Crippen molar-refractivity contribution in [2.24, 2.45) is 0 Å². The third-order valence-electron chi connectivity index (χ3n) is 4.96. The van der Waals surface area contributed by atoms with E-state index in [2.05, 4.69) is 67.9 Å². The van der Waals surface area contributed by atoms with Crippen molar-refractivity contribution in [3.05, 3.63) is 47.9 Å². The lowest BCUT2D eigenvalue weighted by atomic mass is 10.2. The molecule has 2 aliphatic rings. The highest BCUT2D eigenvalue weighted by atomic mass is 32.2. The summed E-state index contributed by atoms with van der Waals surface area (Å²) >= 11 is 1.92. The Morgan fingerprint density at radius 1 is 1.21 bits per heavy atom. The van der Waals surface area contributed by atoms with Crippen LogP contribution in [0, 0.1) is 0 Å². The first-order chi connectivity index (χ1) is 11.7. The van der Waals surface area contributed by atoms with E-state index in [9.17, 15) is 0 Å². The van der Waals surface area contributed by atoms with Gasteiger partial charge in [0.25, 0.3) is 0 Å². The molecule has 0 spiro atoms. The lowest BCUT2D eigenvalue weighted by Crippen LogP contribution is -2.53. The molecule has 2 aromatic rings. The first kappa shape index (κ1) is 16.0. The summed E-state index contributed by atoms with van der Waals surface area (Å²) in [7, 11) is 0. The van der Waals surface area contributed by atoms with Gasteiger partial charge >= 0.3 is 0 Å². The minimum absolute atomic E-state index is 0.426. The second kappa shape index (κ2) is 6.78. The van der Waals surface area contributed by atoms with Crippen molar-refractivity contribution in [1.82, 2.24) is 24.1 Å². The maximum Gasteiger partial charge on any atom is 0.136 e. The Morgan fingerprint density at radius 2 is 2.04 bits per heavy atom. The van der Waals surface area contributed by atoms with Crippen molar-refractivity contribution in [2.75, 3.05) is 26.2 Å². The predicted octanol–water partition coefficient (Wildman–Crippen LogP) is 2.66. The fraction of sp³-hybridized carbons (Fsp3) is 0.500. The van der Waals surface area contributed by atoms with E-state index < -0.39 is 0 Å². The zero-order valence-corrected chi connectivity index (χ0v) is 15.2. The minimum atomic E-state index is 0.426. The SMILES string of the molecule is CC(C)N1CCN(C2SC=CN2Cc2ccn3ccnc3c2)CC1. The van der Waals surface area contributed by atoms with Crippen molar-refractivity contribution in [3.63, 3.8) is 0 Å². The Labute approximate surface area is 147 Å². The molecule has 0 amide bonds. The van der Waals surface area contributed by atoms with Gasteiger partial charge in [0.05, 0.1) is 0 Å². The molecule has 0 aliphatic carbocycles. The van der Waals surface area contributed by atoms with Crippen molar-refractivity contribution in [2.45, 2.75) is 31.9 Å². The quantitative estimate of drug-likeness (QED) is 0.851. The van der Waals surface area contributed by atoms with Gasteiger partial charge in [0.2, 0.25) is 0 Å². The maximum absolute atomic E-state index is 4.39. The van der Waals surface area contributed by atoms with Crippen LogP contribution >= 0.6 is 11.8 Å². The van der Waals surface area contributed by atoms with Gasteiger partial charge in [-0.05, 0) is 37.0 Å². The van der Waals surface area contributed by atoms with E-state index in [1.807, 2.05) is 24.2 Å². The Bertz CT molecular complexity index is 717. The van der Waals surface area contributed by atoms with Gasteiger partial charge in [-0.3, -0.25) is 9.80 Å². The van der Waals surface area contributed by atoms with Crippen molar-refractivity contribution in [1.29, 1.82) is 0 Å². The Balaban J connectivity index is 1.42. The Hall–Kier alpha value is -1.50. The summed E-state index contributed by atoms with van der Waals surface area (Å²) in [6.45, 7) is 10.1. The molecule has 2 aliphatic heterocycles. The second-order valence-corrected chi connectivity index (χ2v) is 7.78. The van der Waals surface area contributed by atoms with Crippen LogP contribution in [0.4, 0.5) is 0 Å². The van der Waals surface area contributed by atoms with E-state index in [1.54, 1.807) is 0 Å². The van der Waals surface area contributed by atoms with Gasteiger partial charge in [-0.1, -0.05) is 11.8 Å². The molecule has 2 aromatic heterocycles. The highest BCUT2D eigenvalue weighted by Gasteiger charge is 2.30. The first-order valence-electron chi connectivity index (χ1n) is 8.68. The van der Waals surface area contributed by atoms with Gasteiger partial charge in [0.1, 0.15) is 11.1 Å². The molecule has 4 heterocycles. The summed E-state index contributed by atoms with van der Waals surface area (Å²) in [6.07, 6.45) is 8.17. The smallest absolute Gasteiger partial charge is 0.136 e. The average molecular weight is 344 g/mol. The molecule has 6 heteroatoms. The number of hydrogen-bond donors (Lipinski definition) is 0. The molecule has 0 radical (unpaired) electrons. The third kappa shape index (κ3) is 3.18. The molecular weight excluding hydrogens is 318 g/mol. The van der Waals surface area contributed by atoms with Crippen molar-refractivity contribution >= 4 is 17.4 Å². The van der Waals surface area contributed by atoms with Crippen LogP contribution in [0.25, 0.3) is 5.65 Å². The van der Waals surface area contributed by atoms with Gasteiger partial charge in [0.15, 0.2) is 0 Å². The number of aromatic nitrogens is 2. The summed E-state index contributed by atoms with van der Waals surface area (Å²) in [5, 5.41) is 2.23. The van der Waals surface area contributed by atoms with Crippen molar-refractivity contribution in [3.8, 4) is 0 Å². The number of imidazole rings is 1. The second-order valence-electron chi connectivity index (χ2n) is 6.81. The van der Waals surface area contributed by atoms with Gasteiger partial charge < -0.3 is 9.30 Å². The van der Waals surface area contributed by atoms with Crippen LogP contribution in [-0.4, -0.2) is 61.8 Å². The largest absolute Gasteiger partial charge is 0.348 e. The fourth-order valence-corrected chi connectivity index (χ4v) is 4.55. The van der Waals surface area contributed by atoms with Crippen LogP contribution in [0.3, 0.4) is 0 Å². The standard InChI is InChI=1S/C18H25N5S/c1-15(2)20-7-9-22(10-8-20)18-23(11-12-24-18)14-16-3-5-21-6-4-19-17(21)13-16/h3-6,11-13,15,18H,7-10,14H2,1-2H3. The number of thioether (sulfide) groups is 1. The zero-order valence-electron chi connectivity index (χ0n) is 14.4. The number of hydrogen-bond acceptors (Lipinski definition) is 5. The zero-order chi connectivity index (χ0) is 16.5. The molecule has 0 bridgehead atoms. The van der Waals surface area contributed by atoms with E-state index in [-0.39, 0.29) is 0 Å². The lowest BCUT2D eigenvalue weighted by Gasteiger charge is -2.42. The van der Waals surface area contributed by atoms with E-state index in [4.69, 9.17) is 0 Å². The summed E-state index contributed by atoms with van der Waals surface area (Å²) < 4.78 is 2.06. The van der Waals surface area contributed by atoms with E-state index in [1.165, 1.54) is 18.7 Å². The highest BCUT2D eigenvalue weighted by molar-refractivity contribution is 8.02. The van der Waals surface area contributed by atoms with E-state index in [0.29, 0.717) is 11.5 Å². The van der Waals surface area contributed by atoms with Crippen LogP contribution in [0.5, 0.6) is 0 Å². The molecule has 0 saturated carbocycles. The fourth-order valence-electron chi connectivity index (χ4n) is 3.50. The molecular formula is C18H25N5S. The average Bonchev–Trinajstić information content (AvgIpc) is 3.23. The topological polar surface area (TPSA) is 27.0 Å². The normalized spacial score (nSPS) is 23.0. The lowest BCUT2D eigenvalue weighted by molar-refractivity contribution is 0.0615. The highest BCUT2D eigenvalue weighted by Crippen LogP contribution is 2.30. The number of nitrogens with zero attached hydrogens (tertiary/aromatic N) is 5. The predicted molar refractivity (Wildman–Crippen MR) is 99.5 cm³/mol. The summed E-state index contributed by atoms with van der Waals surface area (Å²) in [4.78, 5) is 12.0. The number of rotatable bonds is 4. The van der Waals surface area contributed by atoms with Crippen LogP contribution in [0.1, 0.15) is 19.4 Å². The van der Waals surface area contributed by atoms with Gasteiger partial charge in [-0.2, -0.15) is 0 Å².